The summed E-state index contributed by atoms with van der Waals surface area (Å²) < 4.78 is 0. The van der Waals surface area contributed by atoms with Crippen LogP contribution in [0, 0.1) is 5.92 Å². The molecule has 0 aromatic heterocycles. The average Bonchev–Trinajstić information content (AvgIpc) is 2.78. The lowest BCUT2D eigenvalue weighted by atomic mass is 10.1. The summed E-state index contributed by atoms with van der Waals surface area (Å²) in [4.78, 5) is 2.45. The zero-order valence-corrected chi connectivity index (χ0v) is 9.16. The van der Waals surface area contributed by atoms with Gasteiger partial charge in [-0.3, -0.25) is 4.90 Å². The number of hydrogen-bond acceptors (Lipinski definition) is 2. The minimum Gasteiger partial charge on any atom is -0.392 e. The average molecular weight is 185 g/mol. The molecule has 0 aromatic carbocycles. The summed E-state index contributed by atoms with van der Waals surface area (Å²) in [5.74, 6) is 0.773. The van der Waals surface area contributed by atoms with Crippen LogP contribution >= 0.6 is 0 Å². The van der Waals surface area contributed by atoms with Gasteiger partial charge in [0.2, 0.25) is 0 Å². The van der Waals surface area contributed by atoms with E-state index in [-0.39, 0.29) is 6.10 Å². The molecule has 2 nitrogen and oxygen atoms in total. The van der Waals surface area contributed by atoms with Crippen LogP contribution in [-0.2, 0) is 0 Å². The molecule has 1 atom stereocenters. The molecule has 0 radical (unpaired) electrons. The maximum Gasteiger partial charge on any atom is 0.0639 e. The topological polar surface area (TPSA) is 23.5 Å². The zero-order chi connectivity index (χ0) is 9.84. The van der Waals surface area contributed by atoms with Crippen LogP contribution in [0.5, 0.6) is 0 Å². The van der Waals surface area contributed by atoms with Crippen molar-refractivity contribution in [3.05, 3.63) is 0 Å². The fraction of sp³-hybridized carbons (Fsp3) is 1.00. The van der Waals surface area contributed by atoms with Crippen molar-refractivity contribution in [3.63, 3.8) is 0 Å². The van der Waals surface area contributed by atoms with Crippen molar-refractivity contribution >= 4 is 0 Å². The third-order valence-electron chi connectivity index (χ3n) is 2.56. The first-order chi connectivity index (χ1) is 6.09. The SMILES string of the molecule is CC(C)CCN(C[C@@H](C)O)C1CC1. The van der Waals surface area contributed by atoms with Gasteiger partial charge in [0, 0.05) is 12.6 Å². The molecule has 0 aliphatic heterocycles. The van der Waals surface area contributed by atoms with E-state index in [1.54, 1.807) is 0 Å². The summed E-state index contributed by atoms with van der Waals surface area (Å²) in [6.45, 7) is 8.41. The smallest absolute Gasteiger partial charge is 0.0639 e. The molecular formula is C11H23NO. The van der Waals surface area contributed by atoms with Crippen LogP contribution in [0.4, 0.5) is 0 Å². The van der Waals surface area contributed by atoms with E-state index in [4.69, 9.17) is 0 Å². The standard InChI is InChI=1S/C11H23NO/c1-9(2)6-7-12(8-10(3)13)11-4-5-11/h9-11,13H,4-8H2,1-3H3/t10-/m1/s1. The molecule has 1 rings (SSSR count). The quantitative estimate of drug-likeness (QED) is 0.683. The third-order valence-corrected chi connectivity index (χ3v) is 2.56. The van der Waals surface area contributed by atoms with Gasteiger partial charge in [0.05, 0.1) is 6.10 Å². The minimum atomic E-state index is -0.173. The molecule has 0 amide bonds. The summed E-state index contributed by atoms with van der Waals surface area (Å²) in [5.41, 5.74) is 0. The molecule has 1 fully saturated rings. The van der Waals surface area contributed by atoms with E-state index in [0.29, 0.717) is 0 Å². The predicted molar refractivity (Wildman–Crippen MR) is 55.7 cm³/mol. The summed E-state index contributed by atoms with van der Waals surface area (Å²) in [6, 6.07) is 0.786. The maximum absolute atomic E-state index is 9.32. The molecule has 78 valence electrons. The second-order valence-corrected chi connectivity index (χ2v) is 4.76. The Hall–Kier alpha value is -0.0800. The van der Waals surface area contributed by atoms with Gasteiger partial charge in [-0.15, -0.1) is 0 Å². The van der Waals surface area contributed by atoms with E-state index < -0.39 is 0 Å². The van der Waals surface area contributed by atoms with E-state index in [1.807, 2.05) is 6.92 Å². The molecule has 0 heterocycles. The van der Waals surface area contributed by atoms with Gasteiger partial charge in [-0.1, -0.05) is 13.8 Å². The van der Waals surface area contributed by atoms with Crippen molar-refractivity contribution in [2.24, 2.45) is 5.92 Å². The van der Waals surface area contributed by atoms with Crippen LogP contribution < -0.4 is 0 Å². The first kappa shape index (κ1) is 11.0. The third kappa shape index (κ3) is 4.63. The summed E-state index contributed by atoms with van der Waals surface area (Å²) >= 11 is 0. The highest BCUT2D eigenvalue weighted by atomic mass is 16.3. The van der Waals surface area contributed by atoms with Gasteiger partial charge in [0.1, 0.15) is 0 Å². The Morgan fingerprint density at radius 2 is 1.92 bits per heavy atom. The predicted octanol–water partition coefficient (Wildman–Crippen LogP) is 1.88. The Balaban J connectivity index is 2.21. The molecule has 0 aromatic rings. The fourth-order valence-corrected chi connectivity index (χ4v) is 1.63. The molecular weight excluding hydrogens is 162 g/mol. The molecule has 1 aliphatic carbocycles. The number of hydrogen-bond donors (Lipinski definition) is 1. The van der Waals surface area contributed by atoms with Gasteiger partial charge in [-0.05, 0) is 38.6 Å². The Bertz CT molecular complexity index is 141. The van der Waals surface area contributed by atoms with Crippen molar-refractivity contribution in [2.45, 2.75) is 52.2 Å². The summed E-state index contributed by atoms with van der Waals surface area (Å²) in [6.07, 6.45) is 3.76. The monoisotopic (exact) mass is 185 g/mol. The van der Waals surface area contributed by atoms with Crippen molar-refractivity contribution < 1.29 is 5.11 Å². The van der Waals surface area contributed by atoms with Gasteiger partial charge in [0.25, 0.3) is 0 Å². The molecule has 0 spiro atoms. The fourth-order valence-electron chi connectivity index (χ4n) is 1.63. The molecule has 13 heavy (non-hydrogen) atoms. The molecule has 1 aliphatic rings. The van der Waals surface area contributed by atoms with E-state index in [1.165, 1.54) is 19.3 Å². The molecule has 1 N–H and O–H groups in total. The van der Waals surface area contributed by atoms with Gasteiger partial charge in [-0.25, -0.2) is 0 Å². The molecule has 1 saturated carbocycles. The Kier molecular flexibility index (Phi) is 4.20. The first-order valence-electron chi connectivity index (χ1n) is 5.51. The zero-order valence-electron chi connectivity index (χ0n) is 9.16. The second-order valence-electron chi connectivity index (χ2n) is 4.76. The maximum atomic E-state index is 9.32. The number of nitrogens with zero attached hydrogens (tertiary/aromatic N) is 1. The van der Waals surface area contributed by atoms with Gasteiger partial charge >= 0.3 is 0 Å². The van der Waals surface area contributed by atoms with Crippen molar-refractivity contribution in [3.8, 4) is 0 Å². The number of rotatable bonds is 6. The molecule has 0 saturated heterocycles. The van der Waals surface area contributed by atoms with Gasteiger partial charge in [-0.2, -0.15) is 0 Å². The Morgan fingerprint density at radius 3 is 2.31 bits per heavy atom. The largest absolute Gasteiger partial charge is 0.392 e. The number of aliphatic hydroxyl groups is 1. The molecule has 2 heteroatoms. The lowest BCUT2D eigenvalue weighted by molar-refractivity contribution is 0.118. The highest BCUT2D eigenvalue weighted by Crippen LogP contribution is 2.27. The van der Waals surface area contributed by atoms with E-state index in [9.17, 15) is 5.11 Å². The van der Waals surface area contributed by atoms with Crippen molar-refractivity contribution in [2.75, 3.05) is 13.1 Å². The Labute approximate surface area is 81.9 Å². The highest BCUT2D eigenvalue weighted by Gasteiger charge is 2.29. The summed E-state index contributed by atoms with van der Waals surface area (Å²) in [5, 5.41) is 9.32. The Morgan fingerprint density at radius 1 is 1.31 bits per heavy atom. The van der Waals surface area contributed by atoms with Crippen LogP contribution in [-0.4, -0.2) is 35.2 Å². The normalized spacial score (nSPS) is 19.8. The van der Waals surface area contributed by atoms with Crippen molar-refractivity contribution in [1.82, 2.24) is 4.90 Å². The van der Waals surface area contributed by atoms with Crippen LogP contribution in [0.25, 0.3) is 0 Å². The number of aliphatic hydroxyl groups excluding tert-OH is 1. The first-order valence-corrected chi connectivity index (χ1v) is 5.51. The lowest BCUT2D eigenvalue weighted by Gasteiger charge is -2.24. The summed E-state index contributed by atoms with van der Waals surface area (Å²) in [7, 11) is 0. The molecule has 0 unspecified atom stereocenters. The van der Waals surface area contributed by atoms with Gasteiger partial charge < -0.3 is 5.11 Å². The minimum absolute atomic E-state index is 0.173. The second kappa shape index (κ2) is 4.97. The molecule has 0 bridgehead atoms. The lowest BCUT2D eigenvalue weighted by Crippen LogP contribution is -2.34. The van der Waals surface area contributed by atoms with E-state index in [2.05, 4.69) is 18.7 Å². The van der Waals surface area contributed by atoms with Gasteiger partial charge in [0.15, 0.2) is 0 Å². The van der Waals surface area contributed by atoms with Crippen molar-refractivity contribution in [1.29, 1.82) is 0 Å². The van der Waals surface area contributed by atoms with Crippen LogP contribution in [0.3, 0.4) is 0 Å². The van der Waals surface area contributed by atoms with Crippen LogP contribution in [0.1, 0.15) is 40.0 Å². The van der Waals surface area contributed by atoms with Crippen LogP contribution in [0.15, 0.2) is 0 Å². The van der Waals surface area contributed by atoms with E-state index >= 15 is 0 Å². The van der Waals surface area contributed by atoms with E-state index in [0.717, 1.165) is 25.0 Å². The highest BCUT2D eigenvalue weighted by molar-refractivity contribution is 4.85. The van der Waals surface area contributed by atoms with Crippen LogP contribution in [0.2, 0.25) is 0 Å².